The normalized spacial score (nSPS) is 20.5. The number of hydrogen-bond donors (Lipinski definition) is 1. The van der Waals surface area contributed by atoms with Crippen molar-refractivity contribution in [3.63, 3.8) is 0 Å². The molecule has 1 saturated carbocycles. The molecule has 0 heterocycles. The van der Waals surface area contributed by atoms with E-state index in [1.165, 1.54) is 12.8 Å². The smallest absolute Gasteiger partial charge is 0.0453 e. The van der Waals surface area contributed by atoms with Crippen molar-refractivity contribution in [2.24, 2.45) is 17.6 Å². The highest BCUT2D eigenvalue weighted by atomic mass is 35.5. The van der Waals surface area contributed by atoms with Gasteiger partial charge in [-0.15, -0.1) is 0 Å². The minimum atomic E-state index is 0.0937. The second-order valence-corrected chi connectivity index (χ2v) is 4.65. The molecule has 0 aromatic heterocycles. The number of nitrogens with two attached hydrogens (primary N) is 1. The molecule has 2 atom stereocenters. The van der Waals surface area contributed by atoms with Gasteiger partial charge >= 0.3 is 0 Å². The fourth-order valence-electron chi connectivity index (χ4n) is 1.94. The van der Waals surface area contributed by atoms with E-state index in [0.29, 0.717) is 5.92 Å². The van der Waals surface area contributed by atoms with Crippen molar-refractivity contribution in [2.45, 2.75) is 25.8 Å². The Morgan fingerprint density at radius 3 is 2.57 bits per heavy atom. The molecule has 1 aromatic carbocycles. The van der Waals surface area contributed by atoms with Crippen LogP contribution in [-0.4, -0.2) is 0 Å². The van der Waals surface area contributed by atoms with Crippen LogP contribution in [0, 0.1) is 11.8 Å². The van der Waals surface area contributed by atoms with E-state index in [0.717, 1.165) is 16.5 Å². The Kier molecular flexibility index (Phi) is 2.80. The average Bonchev–Trinajstić information content (AvgIpc) is 3.00. The molecule has 1 aliphatic rings. The summed E-state index contributed by atoms with van der Waals surface area (Å²) >= 11 is 6.11. The third-order valence-electron chi connectivity index (χ3n) is 3.20. The molecular formula is C12H16ClN. The van der Waals surface area contributed by atoms with Crippen molar-refractivity contribution in [1.82, 2.24) is 0 Å². The summed E-state index contributed by atoms with van der Waals surface area (Å²) in [5, 5.41) is 0.799. The Hall–Kier alpha value is -0.530. The second kappa shape index (κ2) is 3.92. The van der Waals surface area contributed by atoms with Gasteiger partial charge in [0.1, 0.15) is 0 Å². The average molecular weight is 210 g/mol. The molecule has 1 aliphatic carbocycles. The van der Waals surface area contributed by atoms with E-state index >= 15 is 0 Å². The minimum Gasteiger partial charge on any atom is -0.324 e. The lowest BCUT2D eigenvalue weighted by molar-refractivity contribution is 0.417. The van der Waals surface area contributed by atoms with Crippen molar-refractivity contribution in [1.29, 1.82) is 0 Å². The van der Waals surface area contributed by atoms with Crippen LogP contribution in [0.25, 0.3) is 0 Å². The zero-order valence-corrected chi connectivity index (χ0v) is 9.17. The van der Waals surface area contributed by atoms with Crippen LogP contribution in [0.5, 0.6) is 0 Å². The molecule has 0 bridgehead atoms. The maximum atomic E-state index is 6.20. The predicted molar refractivity (Wildman–Crippen MR) is 60.3 cm³/mol. The quantitative estimate of drug-likeness (QED) is 0.812. The van der Waals surface area contributed by atoms with E-state index < -0.39 is 0 Å². The van der Waals surface area contributed by atoms with Crippen LogP contribution >= 0.6 is 11.6 Å². The SMILES string of the molecule is CC(C1CC1)C(N)c1ccccc1Cl. The van der Waals surface area contributed by atoms with Gasteiger partial charge in [0.2, 0.25) is 0 Å². The van der Waals surface area contributed by atoms with E-state index in [1.807, 2.05) is 24.3 Å². The monoisotopic (exact) mass is 209 g/mol. The zero-order valence-electron chi connectivity index (χ0n) is 8.41. The van der Waals surface area contributed by atoms with Crippen LogP contribution in [0.15, 0.2) is 24.3 Å². The summed E-state index contributed by atoms with van der Waals surface area (Å²) in [6, 6.07) is 7.99. The topological polar surface area (TPSA) is 26.0 Å². The largest absolute Gasteiger partial charge is 0.324 e. The number of hydrogen-bond acceptors (Lipinski definition) is 1. The molecule has 2 N–H and O–H groups in total. The van der Waals surface area contributed by atoms with Crippen LogP contribution in [-0.2, 0) is 0 Å². The third-order valence-corrected chi connectivity index (χ3v) is 3.54. The third kappa shape index (κ3) is 1.94. The van der Waals surface area contributed by atoms with E-state index in [2.05, 4.69) is 6.92 Å². The van der Waals surface area contributed by atoms with Crippen molar-refractivity contribution in [3.05, 3.63) is 34.9 Å². The lowest BCUT2D eigenvalue weighted by atomic mass is 9.91. The number of benzene rings is 1. The molecule has 2 unspecified atom stereocenters. The van der Waals surface area contributed by atoms with E-state index in [9.17, 15) is 0 Å². The molecule has 0 radical (unpaired) electrons. The van der Waals surface area contributed by atoms with Gasteiger partial charge in [0, 0.05) is 11.1 Å². The standard InChI is InChI=1S/C12H16ClN/c1-8(9-6-7-9)12(14)10-4-2-3-5-11(10)13/h2-5,8-9,12H,6-7,14H2,1H3. The van der Waals surface area contributed by atoms with Gasteiger partial charge in [-0.3, -0.25) is 0 Å². The van der Waals surface area contributed by atoms with Crippen LogP contribution in [0.2, 0.25) is 5.02 Å². The van der Waals surface area contributed by atoms with E-state index in [1.54, 1.807) is 0 Å². The van der Waals surface area contributed by atoms with Crippen molar-refractivity contribution >= 4 is 11.6 Å². The molecule has 0 spiro atoms. The Labute approximate surface area is 90.3 Å². The second-order valence-electron chi connectivity index (χ2n) is 4.24. The summed E-state index contributed by atoms with van der Waals surface area (Å²) in [7, 11) is 0. The summed E-state index contributed by atoms with van der Waals surface area (Å²) in [5.74, 6) is 1.37. The Balaban J connectivity index is 2.17. The first-order valence-corrected chi connectivity index (χ1v) is 5.58. The molecule has 2 heteroatoms. The summed E-state index contributed by atoms with van der Waals surface area (Å²) in [5.41, 5.74) is 7.29. The molecule has 0 saturated heterocycles. The first kappa shape index (κ1) is 10.0. The van der Waals surface area contributed by atoms with Gasteiger partial charge in [0.15, 0.2) is 0 Å². The fraction of sp³-hybridized carbons (Fsp3) is 0.500. The zero-order chi connectivity index (χ0) is 10.1. The Morgan fingerprint density at radius 1 is 1.36 bits per heavy atom. The molecule has 1 fully saturated rings. The van der Waals surface area contributed by atoms with E-state index in [-0.39, 0.29) is 6.04 Å². The first-order valence-electron chi connectivity index (χ1n) is 5.20. The fourth-order valence-corrected chi connectivity index (χ4v) is 2.21. The molecule has 2 rings (SSSR count). The summed E-state index contributed by atoms with van der Waals surface area (Å²) in [4.78, 5) is 0. The first-order chi connectivity index (χ1) is 6.70. The number of halogens is 1. The van der Waals surface area contributed by atoms with Gasteiger partial charge in [-0.1, -0.05) is 36.7 Å². The van der Waals surface area contributed by atoms with Crippen LogP contribution in [0.3, 0.4) is 0 Å². The Morgan fingerprint density at radius 2 is 2.00 bits per heavy atom. The van der Waals surface area contributed by atoms with Crippen LogP contribution in [0.1, 0.15) is 31.4 Å². The number of rotatable bonds is 3. The molecule has 76 valence electrons. The van der Waals surface area contributed by atoms with Gasteiger partial charge in [0.05, 0.1) is 0 Å². The highest BCUT2D eigenvalue weighted by Gasteiger charge is 2.32. The van der Waals surface area contributed by atoms with Crippen molar-refractivity contribution in [2.75, 3.05) is 0 Å². The highest BCUT2D eigenvalue weighted by molar-refractivity contribution is 6.31. The minimum absolute atomic E-state index is 0.0937. The van der Waals surface area contributed by atoms with Crippen molar-refractivity contribution < 1.29 is 0 Å². The van der Waals surface area contributed by atoms with Crippen molar-refractivity contribution in [3.8, 4) is 0 Å². The Bertz CT molecular complexity index is 320. The van der Waals surface area contributed by atoms with Gasteiger partial charge in [0.25, 0.3) is 0 Å². The summed E-state index contributed by atoms with van der Waals surface area (Å²) in [6.45, 7) is 2.23. The maximum Gasteiger partial charge on any atom is 0.0453 e. The summed E-state index contributed by atoms with van der Waals surface area (Å²) in [6.07, 6.45) is 2.67. The van der Waals surface area contributed by atoms with Gasteiger partial charge < -0.3 is 5.73 Å². The molecule has 0 amide bonds. The maximum absolute atomic E-state index is 6.20. The van der Waals surface area contributed by atoms with Gasteiger partial charge in [-0.2, -0.15) is 0 Å². The molecular weight excluding hydrogens is 194 g/mol. The van der Waals surface area contributed by atoms with Crippen LogP contribution in [0.4, 0.5) is 0 Å². The lowest BCUT2D eigenvalue weighted by Crippen LogP contribution is -2.20. The highest BCUT2D eigenvalue weighted by Crippen LogP contribution is 2.42. The van der Waals surface area contributed by atoms with Gasteiger partial charge in [-0.25, -0.2) is 0 Å². The summed E-state index contributed by atoms with van der Waals surface area (Å²) < 4.78 is 0. The predicted octanol–water partition coefficient (Wildman–Crippen LogP) is 3.39. The molecule has 0 aliphatic heterocycles. The van der Waals surface area contributed by atoms with Crippen LogP contribution < -0.4 is 5.73 Å². The van der Waals surface area contributed by atoms with Gasteiger partial charge in [-0.05, 0) is 36.3 Å². The molecule has 1 nitrogen and oxygen atoms in total. The lowest BCUT2D eigenvalue weighted by Gasteiger charge is -2.20. The molecule has 14 heavy (non-hydrogen) atoms. The van der Waals surface area contributed by atoms with E-state index in [4.69, 9.17) is 17.3 Å². The molecule has 1 aromatic rings.